The molecule has 0 aromatic carbocycles. The number of nitrogens with one attached hydrogen (secondary N) is 1. The van der Waals surface area contributed by atoms with Gasteiger partial charge in [0.15, 0.2) is 0 Å². The highest BCUT2D eigenvalue weighted by molar-refractivity contribution is 5.01. The van der Waals surface area contributed by atoms with E-state index in [0.29, 0.717) is 11.6 Å². The molecule has 0 bridgehead atoms. The average Bonchev–Trinajstić information content (AvgIpc) is 2.49. The van der Waals surface area contributed by atoms with Gasteiger partial charge < -0.3 is 5.32 Å². The number of likely N-dealkylation sites (N-methyl/N-ethyl adjacent to an activating group) is 1. The highest BCUT2D eigenvalue weighted by Gasteiger charge is 2.42. The maximum Gasteiger partial charge on any atom is 0.0359 e. The number of hydrogen-bond donors (Lipinski definition) is 1. The van der Waals surface area contributed by atoms with Crippen LogP contribution in [-0.4, -0.2) is 36.1 Å². The quantitative estimate of drug-likeness (QED) is 0.559. The fourth-order valence-corrected chi connectivity index (χ4v) is 4.04. The lowest BCUT2D eigenvalue weighted by Crippen LogP contribution is -2.63. The van der Waals surface area contributed by atoms with E-state index < -0.39 is 0 Å². The molecule has 0 aliphatic heterocycles. The molecule has 0 aliphatic carbocycles. The lowest BCUT2D eigenvalue weighted by atomic mass is 9.74. The van der Waals surface area contributed by atoms with Gasteiger partial charge in [-0.25, -0.2) is 0 Å². The highest BCUT2D eigenvalue weighted by atomic mass is 15.2. The summed E-state index contributed by atoms with van der Waals surface area (Å²) in [5.41, 5.74) is 0.315. The van der Waals surface area contributed by atoms with E-state index in [1.54, 1.807) is 0 Å². The number of nitrogens with zero attached hydrogens (tertiary/aromatic N) is 1. The van der Waals surface area contributed by atoms with Crippen molar-refractivity contribution >= 4 is 0 Å². The Morgan fingerprint density at radius 3 is 1.65 bits per heavy atom. The van der Waals surface area contributed by atoms with Gasteiger partial charge in [-0.15, -0.1) is 0 Å². The summed E-state index contributed by atoms with van der Waals surface area (Å²) in [6, 6.07) is 0.618. The molecule has 2 nitrogen and oxygen atoms in total. The van der Waals surface area contributed by atoms with E-state index in [1.807, 2.05) is 0 Å². The van der Waals surface area contributed by atoms with Crippen molar-refractivity contribution < 1.29 is 0 Å². The fraction of sp³-hybridized carbons (Fsp3) is 1.00. The monoisotopic (exact) mass is 284 g/mol. The Morgan fingerprint density at radius 1 is 0.850 bits per heavy atom. The molecule has 2 heteroatoms. The van der Waals surface area contributed by atoms with Gasteiger partial charge in [0.2, 0.25) is 0 Å². The van der Waals surface area contributed by atoms with Crippen LogP contribution in [0.4, 0.5) is 0 Å². The van der Waals surface area contributed by atoms with E-state index in [2.05, 4.69) is 58.7 Å². The third kappa shape index (κ3) is 4.46. The smallest absolute Gasteiger partial charge is 0.0359 e. The zero-order valence-electron chi connectivity index (χ0n) is 15.3. The number of hydrogen-bond acceptors (Lipinski definition) is 2. The second-order valence-corrected chi connectivity index (χ2v) is 5.99. The molecule has 0 saturated carbocycles. The first-order valence-electron chi connectivity index (χ1n) is 9.09. The SMILES string of the molecule is CCCNC(C(CC)CC)C(CC)(CC)N(CC)CC. The molecule has 0 fully saturated rings. The predicted octanol–water partition coefficient (Wildman–Crippen LogP) is 4.69. The zero-order chi connectivity index (χ0) is 15.6. The molecular weight excluding hydrogens is 244 g/mol. The molecule has 0 rings (SSSR count). The molecule has 0 aliphatic rings. The lowest BCUT2D eigenvalue weighted by molar-refractivity contribution is 0.0245. The van der Waals surface area contributed by atoms with Crippen LogP contribution in [0, 0.1) is 5.92 Å². The van der Waals surface area contributed by atoms with Crippen LogP contribution in [0.25, 0.3) is 0 Å². The Labute approximate surface area is 128 Å². The topological polar surface area (TPSA) is 15.3 Å². The van der Waals surface area contributed by atoms with Gasteiger partial charge in [-0.05, 0) is 44.8 Å². The van der Waals surface area contributed by atoms with Gasteiger partial charge in [0.05, 0.1) is 0 Å². The van der Waals surface area contributed by atoms with Crippen molar-refractivity contribution in [2.45, 2.75) is 92.2 Å². The Hall–Kier alpha value is -0.0800. The third-order valence-corrected chi connectivity index (χ3v) is 5.33. The first-order chi connectivity index (χ1) is 9.61. The molecule has 0 aromatic heterocycles. The molecule has 1 unspecified atom stereocenters. The van der Waals surface area contributed by atoms with Gasteiger partial charge in [-0.1, -0.05) is 61.3 Å². The van der Waals surface area contributed by atoms with Gasteiger partial charge >= 0.3 is 0 Å². The van der Waals surface area contributed by atoms with E-state index in [4.69, 9.17) is 0 Å². The van der Waals surface area contributed by atoms with Gasteiger partial charge in [0.1, 0.15) is 0 Å². The van der Waals surface area contributed by atoms with Crippen molar-refractivity contribution in [1.82, 2.24) is 10.2 Å². The van der Waals surface area contributed by atoms with Crippen LogP contribution in [0.2, 0.25) is 0 Å². The second kappa shape index (κ2) is 10.6. The molecule has 122 valence electrons. The molecule has 0 aromatic rings. The van der Waals surface area contributed by atoms with Crippen LogP contribution in [0.5, 0.6) is 0 Å². The van der Waals surface area contributed by atoms with Gasteiger partial charge in [0, 0.05) is 11.6 Å². The summed E-state index contributed by atoms with van der Waals surface area (Å²) in [5.74, 6) is 0.780. The van der Waals surface area contributed by atoms with Crippen molar-refractivity contribution in [2.75, 3.05) is 19.6 Å². The molecule has 0 saturated heterocycles. The normalized spacial score (nSPS) is 14.2. The minimum Gasteiger partial charge on any atom is -0.312 e. The van der Waals surface area contributed by atoms with E-state index in [9.17, 15) is 0 Å². The summed E-state index contributed by atoms with van der Waals surface area (Å²) in [6.45, 7) is 19.8. The summed E-state index contributed by atoms with van der Waals surface area (Å²) in [6.07, 6.45) is 6.26. The van der Waals surface area contributed by atoms with Crippen molar-refractivity contribution in [3.05, 3.63) is 0 Å². The van der Waals surface area contributed by atoms with Gasteiger partial charge in [-0.2, -0.15) is 0 Å². The predicted molar refractivity (Wildman–Crippen MR) is 92.4 cm³/mol. The largest absolute Gasteiger partial charge is 0.312 e. The Balaban J connectivity index is 5.47. The summed E-state index contributed by atoms with van der Waals surface area (Å²) in [5, 5.41) is 3.92. The molecule has 0 amide bonds. The second-order valence-electron chi connectivity index (χ2n) is 5.99. The Bertz CT molecular complexity index is 215. The first kappa shape index (κ1) is 19.9. The number of rotatable bonds is 12. The Morgan fingerprint density at radius 2 is 1.35 bits per heavy atom. The summed E-state index contributed by atoms with van der Waals surface area (Å²) in [7, 11) is 0. The van der Waals surface area contributed by atoms with Crippen molar-refractivity contribution in [3.8, 4) is 0 Å². The summed E-state index contributed by atoms with van der Waals surface area (Å²) < 4.78 is 0. The first-order valence-corrected chi connectivity index (χ1v) is 9.09. The fourth-order valence-electron chi connectivity index (χ4n) is 4.04. The molecule has 1 N–H and O–H groups in total. The van der Waals surface area contributed by atoms with Crippen molar-refractivity contribution in [2.24, 2.45) is 5.92 Å². The molecule has 0 heterocycles. The molecule has 1 atom stereocenters. The van der Waals surface area contributed by atoms with Crippen LogP contribution in [0.1, 0.15) is 80.6 Å². The van der Waals surface area contributed by atoms with Crippen LogP contribution in [0.3, 0.4) is 0 Å². The lowest BCUT2D eigenvalue weighted by Gasteiger charge is -2.51. The minimum atomic E-state index is 0.315. The van der Waals surface area contributed by atoms with E-state index in [0.717, 1.165) is 25.6 Å². The van der Waals surface area contributed by atoms with Crippen LogP contribution < -0.4 is 5.32 Å². The van der Waals surface area contributed by atoms with E-state index in [-0.39, 0.29) is 0 Å². The summed E-state index contributed by atoms with van der Waals surface area (Å²) in [4.78, 5) is 2.71. The van der Waals surface area contributed by atoms with E-state index in [1.165, 1.54) is 32.1 Å². The zero-order valence-corrected chi connectivity index (χ0v) is 15.3. The standard InChI is InChI=1S/C18H40N2/c1-8-15-19-17(16(9-2)10-3)18(11-4,12-5)20(13-6)14-7/h16-17,19H,8-15H2,1-7H3. The molecule has 20 heavy (non-hydrogen) atoms. The maximum atomic E-state index is 3.92. The maximum absolute atomic E-state index is 3.92. The highest BCUT2D eigenvalue weighted by Crippen LogP contribution is 2.34. The molecular formula is C18H40N2. The van der Waals surface area contributed by atoms with Crippen LogP contribution >= 0.6 is 0 Å². The summed E-state index contributed by atoms with van der Waals surface area (Å²) >= 11 is 0. The van der Waals surface area contributed by atoms with Gasteiger partial charge in [0.25, 0.3) is 0 Å². The third-order valence-electron chi connectivity index (χ3n) is 5.33. The minimum absolute atomic E-state index is 0.315. The Kier molecular flexibility index (Phi) is 10.6. The average molecular weight is 285 g/mol. The van der Waals surface area contributed by atoms with Crippen molar-refractivity contribution in [1.29, 1.82) is 0 Å². The van der Waals surface area contributed by atoms with Crippen LogP contribution in [0.15, 0.2) is 0 Å². The van der Waals surface area contributed by atoms with Gasteiger partial charge in [-0.3, -0.25) is 4.90 Å². The van der Waals surface area contributed by atoms with Crippen molar-refractivity contribution in [3.63, 3.8) is 0 Å². The van der Waals surface area contributed by atoms with E-state index >= 15 is 0 Å². The molecule has 0 spiro atoms. The van der Waals surface area contributed by atoms with Crippen LogP contribution in [-0.2, 0) is 0 Å². The molecule has 0 radical (unpaired) electrons.